The first-order valence-electron chi connectivity index (χ1n) is 5.81. The van der Waals surface area contributed by atoms with E-state index in [1.165, 1.54) is 23.5 Å². The number of hydrogen-bond donors (Lipinski definition) is 1. The van der Waals surface area contributed by atoms with Gasteiger partial charge < -0.3 is 5.73 Å². The molecule has 0 radical (unpaired) electrons. The standard InChI is InChI=1S/C13H13F3N2S2/c1-7-8(2)19-12(18-7)11(17)9-3-5-10(6-4-9)20-13(14,15)16/h3-6,11H,17H2,1-2H3. The van der Waals surface area contributed by atoms with Gasteiger partial charge in [0.15, 0.2) is 0 Å². The minimum absolute atomic E-state index is 0.130. The van der Waals surface area contributed by atoms with Crippen molar-refractivity contribution in [3.63, 3.8) is 0 Å². The van der Waals surface area contributed by atoms with E-state index in [0.717, 1.165) is 21.1 Å². The zero-order chi connectivity index (χ0) is 14.9. The first-order chi connectivity index (χ1) is 9.26. The maximum absolute atomic E-state index is 12.2. The Morgan fingerprint density at radius 3 is 2.25 bits per heavy atom. The molecule has 2 N–H and O–H groups in total. The Hall–Kier alpha value is -1.05. The highest BCUT2D eigenvalue weighted by atomic mass is 32.2. The average Bonchev–Trinajstić information content (AvgIpc) is 2.68. The van der Waals surface area contributed by atoms with E-state index in [1.54, 1.807) is 12.1 Å². The molecule has 0 aliphatic rings. The van der Waals surface area contributed by atoms with Gasteiger partial charge in [0.1, 0.15) is 5.01 Å². The molecule has 1 atom stereocenters. The molecule has 20 heavy (non-hydrogen) atoms. The summed E-state index contributed by atoms with van der Waals surface area (Å²) in [5.41, 5.74) is 3.51. The van der Waals surface area contributed by atoms with Crippen molar-refractivity contribution in [2.45, 2.75) is 30.3 Å². The zero-order valence-corrected chi connectivity index (χ0v) is 12.5. The molecule has 0 aliphatic heterocycles. The van der Waals surface area contributed by atoms with Gasteiger partial charge in [-0.1, -0.05) is 12.1 Å². The van der Waals surface area contributed by atoms with Gasteiger partial charge in [0, 0.05) is 9.77 Å². The van der Waals surface area contributed by atoms with E-state index in [-0.39, 0.29) is 16.7 Å². The lowest BCUT2D eigenvalue weighted by atomic mass is 10.1. The van der Waals surface area contributed by atoms with Gasteiger partial charge in [-0.2, -0.15) is 13.2 Å². The Morgan fingerprint density at radius 2 is 1.80 bits per heavy atom. The van der Waals surface area contributed by atoms with Gasteiger partial charge in [0.25, 0.3) is 0 Å². The number of hydrogen-bond acceptors (Lipinski definition) is 4. The summed E-state index contributed by atoms with van der Waals surface area (Å²) in [6.07, 6.45) is 0. The Balaban J connectivity index is 2.17. The topological polar surface area (TPSA) is 38.9 Å². The minimum atomic E-state index is -4.27. The molecule has 1 heterocycles. The van der Waals surface area contributed by atoms with Crippen LogP contribution >= 0.6 is 23.1 Å². The molecule has 0 spiro atoms. The van der Waals surface area contributed by atoms with Gasteiger partial charge in [0.05, 0.1) is 11.7 Å². The normalized spacial score (nSPS) is 13.5. The predicted molar refractivity (Wildman–Crippen MR) is 76.0 cm³/mol. The highest BCUT2D eigenvalue weighted by Crippen LogP contribution is 2.37. The third-order valence-corrected chi connectivity index (χ3v) is 4.68. The fourth-order valence-electron chi connectivity index (χ4n) is 1.65. The smallest absolute Gasteiger partial charge is 0.318 e. The van der Waals surface area contributed by atoms with E-state index in [0.29, 0.717) is 0 Å². The molecule has 0 bridgehead atoms. The van der Waals surface area contributed by atoms with Gasteiger partial charge in [0.2, 0.25) is 0 Å². The first-order valence-corrected chi connectivity index (χ1v) is 7.45. The number of nitrogens with two attached hydrogens (primary N) is 1. The second-order valence-electron chi connectivity index (χ2n) is 4.29. The van der Waals surface area contributed by atoms with Gasteiger partial charge >= 0.3 is 5.51 Å². The molecule has 1 aromatic heterocycles. The first kappa shape index (κ1) is 15.3. The molecule has 0 saturated carbocycles. The van der Waals surface area contributed by atoms with Crippen LogP contribution in [0.5, 0.6) is 0 Å². The van der Waals surface area contributed by atoms with Crippen LogP contribution in [0.3, 0.4) is 0 Å². The second kappa shape index (κ2) is 5.75. The molecule has 2 rings (SSSR count). The van der Waals surface area contributed by atoms with E-state index in [9.17, 15) is 13.2 Å². The fraction of sp³-hybridized carbons (Fsp3) is 0.308. The van der Waals surface area contributed by atoms with Crippen molar-refractivity contribution in [3.05, 3.63) is 45.4 Å². The Bertz CT molecular complexity index is 571. The molecule has 0 amide bonds. The summed E-state index contributed by atoms with van der Waals surface area (Å²) in [5, 5.41) is 0.774. The third kappa shape index (κ3) is 3.74. The number of aryl methyl sites for hydroxylation is 2. The number of nitrogens with zero attached hydrogens (tertiary/aromatic N) is 1. The summed E-state index contributed by atoms with van der Waals surface area (Å²) in [6, 6.07) is 5.69. The number of rotatable bonds is 3. The summed E-state index contributed by atoms with van der Waals surface area (Å²) in [7, 11) is 0. The Labute approximate surface area is 123 Å². The summed E-state index contributed by atoms with van der Waals surface area (Å²) < 4.78 is 36.7. The van der Waals surface area contributed by atoms with E-state index >= 15 is 0 Å². The lowest BCUT2D eigenvalue weighted by Crippen LogP contribution is -2.11. The lowest BCUT2D eigenvalue weighted by molar-refractivity contribution is -0.0328. The van der Waals surface area contributed by atoms with Crippen LogP contribution in [0.4, 0.5) is 13.2 Å². The largest absolute Gasteiger partial charge is 0.446 e. The molecule has 0 saturated heterocycles. The SMILES string of the molecule is Cc1nc(C(N)c2ccc(SC(F)(F)F)cc2)sc1C. The Kier molecular flexibility index (Phi) is 4.41. The van der Waals surface area contributed by atoms with Gasteiger partial charge in [-0.15, -0.1) is 11.3 Å². The molecule has 0 fully saturated rings. The third-order valence-electron chi connectivity index (χ3n) is 2.78. The van der Waals surface area contributed by atoms with Crippen LogP contribution in [0.25, 0.3) is 0 Å². The monoisotopic (exact) mass is 318 g/mol. The number of thiazole rings is 1. The van der Waals surface area contributed by atoms with Crippen molar-refractivity contribution in [2.24, 2.45) is 5.73 Å². The van der Waals surface area contributed by atoms with Gasteiger partial charge in [-0.25, -0.2) is 4.98 Å². The van der Waals surface area contributed by atoms with Crippen LogP contribution in [0.1, 0.15) is 27.2 Å². The van der Waals surface area contributed by atoms with Crippen molar-refractivity contribution in [1.29, 1.82) is 0 Å². The zero-order valence-electron chi connectivity index (χ0n) is 10.9. The second-order valence-corrected chi connectivity index (χ2v) is 6.66. The van der Waals surface area contributed by atoms with E-state index in [4.69, 9.17) is 5.73 Å². The number of aromatic nitrogens is 1. The van der Waals surface area contributed by atoms with Crippen molar-refractivity contribution in [1.82, 2.24) is 4.98 Å². The van der Waals surface area contributed by atoms with E-state index in [1.807, 2.05) is 13.8 Å². The van der Waals surface area contributed by atoms with Crippen LogP contribution in [0, 0.1) is 13.8 Å². The number of benzene rings is 1. The van der Waals surface area contributed by atoms with Crippen LogP contribution in [-0.2, 0) is 0 Å². The maximum atomic E-state index is 12.2. The predicted octanol–water partition coefficient (Wildman–Crippen LogP) is 4.42. The molecule has 0 aliphatic carbocycles. The van der Waals surface area contributed by atoms with Crippen molar-refractivity contribution >= 4 is 23.1 Å². The highest BCUT2D eigenvalue weighted by Gasteiger charge is 2.29. The van der Waals surface area contributed by atoms with Gasteiger partial charge in [-0.05, 0) is 43.3 Å². The average molecular weight is 318 g/mol. The summed E-state index contributed by atoms with van der Waals surface area (Å²) >= 11 is 1.38. The summed E-state index contributed by atoms with van der Waals surface area (Å²) in [5.74, 6) is 0. The molecular weight excluding hydrogens is 305 g/mol. The number of thioether (sulfide) groups is 1. The van der Waals surface area contributed by atoms with Crippen LogP contribution in [0.15, 0.2) is 29.2 Å². The minimum Gasteiger partial charge on any atom is -0.318 e. The Morgan fingerprint density at radius 1 is 1.20 bits per heavy atom. The van der Waals surface area contributed by atoms with E-state index < -0.39 is 11.6 Å². The molecule has 2 aromatic rings. The van der Waals surface area contributed by atoms with Crippen molar-refractivity contribution in [3.8, 4) is 0 Å². The van der Waals surface area contributed by atoms with Crippen LogP contribution in [-0.4, -0.2) is 10.5 Å². The molecule has 1 unspecified atom stereocenters. The quantitative estimate of drug-likeness (QED) is 0.852. The maximum Gasteiger partial charge on any atom is 0.446 e. The summed E-state index contributed by atoms with van der Waals surface area (Å²) in [6.45, 7) is 3.87. The molecular formula is C13H13F3N2S2. The van der Waals surface area contributed by atoms with E-state index in [2.05, 4.69) is 4.98 Å². The summed E-state index contributed by atoms with van der Waals surface area (Å²) in [4.78, 5) is 5.63. The van der Waals surface area contributed by atoms with Crippen LogP contribution in [0.2, 0.25) is 0 Å². The molecule has 108 valence electrons. The number of halogens is 3. The number of alkyl halides is 3. The fourth-order valence-corrected chi connectivity index (χ4v) is 3.14. The molecule has 1 aromatic carbocycles. The molecule has 7 heteroatoms. The molecule has 2 nitrogen and oxygen atoms in total. The lowest BCUT2D eigenvalue weighted by Gasteiger charge is -2.10. The highest BCUT2D eigenvalue weighted by molar-refractivity contribution is 8.00. The van der Waals surface area contributed by atoms with Crippen molar-refractivity contribution < 1.29 is 13.2 Å². The van der Waals surface area contributed by atoms with Crippen molar-refractivity contribution in [2.75, 3.05) is 0 Å². The van der Waals surface area contributed by atoms with Gasteiger partial charge in [-0.3, -0.25) is 0 Å². The van der Waals surface area contributed by atoms with Crippen LogP contribution < -0.4 is 5.73 Å².